The molecule has 21 heavy (non-hydrogen) atoms. The minimum absolute atomic E-state index is 0.220. The first-order valence-electron chi connectivity index (χ1n) is 7.53. The summed E-state index contributed by atoms with van der Waals surface area (Å²) >= 11 is 0. The van der Waals surface area contributed by atoms with Gasteiger partial charge in [-0.15, -0.1) is 0 Å². The van der Waals surface area contributed by atoms with Crippen LogP contribution in [0.2, 0.25) is 0 Å². The van der Waals surface area contributed by atoms with Crippen LogP contribution in [0.4, 0.5) is 11.4 Å². The molecule has 1 aliphatic rings. The SMILES string of the molecule is O=C(Nc1ccc(N2CCCCCC2)cc1)c1ccco1. The maximum absolute atomic E-state index is 11.9. The van der Waals surface area contributed by atoms with Crippen LogP contribution in [0, 0.1) is 0 Å². The Morgan fingerprint density at radius 2 is 1.71 bits per heavy atom. The minimum atomic E-state index is -0.220. The number of nitrogens with one attached hydrogen (secondary N) is 1. The van der Waals surface area contributed by atoms with E-state index in [1.807, 2.05) is 12.1 Å². The van der Waals surface area contributed by atoms with Crippen molar-refractivity contribution in [3.8, 4) is 0 Å². The molecular formula is C17H20N2O2. The fourth-order valence-corrected chi connectivity index (χ4v) is 2.68. The van der Waals surface area contributed by atoms with E-state index in [0.717, 1.165) is 18.8 Å². The lowest BCUT2D eigenvalue weighted by atomic mass is 10.2. The summed E-state index contributed by atoms with van der Waals surface area (Å²) in [4.78, 5) is 14.3. The number of hydrogen-bond acceptors (Lipinski definition) is 3. The highest BCUT2D eigenvalue weighted by Gasteiger charge is 2.11. The standard InChI is InChI=1S/C17H20N2O2/c20-17(16-6-5-13-21-16)18-14-7-9-15(10-8-14)19-11-3-1-2-4-12-19/h5-10,13H,1-4,11-12H2,(H,18,20). The van der Waals surface area contributed by atoms with E-state index in [9.17, 15) is 4.79 Å². The van der Waals surface area contributed by atoms with Crippen LogP contribution < -0.4 is 10.2 Å². The van der Waals surface area contributed by atoms with Gasteiger partial charge in [0.05, 0.1) is 6.26 Å². The van der Waals surface area contributed by atoms with Crippen molar-refractivity contribution in [2.45, 2.75) is 25.7 Å². The van der Waals surface area contributed by atoms with Gasteiger partial charge in [0.2, 0.25) is 0 Å². The Labute approximate surface area is 124 Å². The summed E-state index contributed by atoms with van der Waals surface area (Å²) < 4.78 is 5.08. The third-order valence-electron chi connectivity index (χ3n) is 3.84. The van der Waals surface area contributed by atoms with Crippen molar-refractivity contribution in [2.75, 3.05) is 23.3 Å². The summed E-state index contributed by atoms with van der Waals surface area (Å²) in [6.07, 6.45) is 6.67. The number of anilines is 2. The molecular weight excluding hydrogens is 264 g/mol. The Morgan fingerprint density at radius 1 is 1.00 bits per heavy atom. The zero-order valence-electron chi connectivity index (χ0n) is 12.0. The van der Waals surface area contributed by atoms with Gasteiger partial charge in [-0.1, -0.05) is 12.8 Å². The molecule has 0 radical (unpaired) electrons. The van der Waals surface area contributed by atoms with Gasteiger partial charge in [0.1, 0.15) is 0 Å². The van der Waals surface area contributed by atoms with Crippen LogP contribution in [-0.4, -0.2) is 19.0 Å². The van der Waals surface area contributed by atoms with Crippen LogP contribution in [0.5, 0.6) is 0 Å². The molecule has 0 unspecified atom stereocenters. The van der Waals surface area contributed by atoms with Gasteiger partial charge < -0.3 is 14.6 Å². The van der Waals surface area contributed by atoms with E-state index in [-0.39, 0.29) is 5.91 Å². The lowest BCUT2D eigenvalue weighted by Gasteiger charge is -2.22. The van der Waals surface area contributed by atoms with E-state index in [0.29, 0.717) is 5.76 Å². The second-order valence-corrected chi connectivity index (χ2v) is 5.38. The molecule has 2 heterocycles. The second-order valence-electron chi connectivity index (χ2n) is 5.38. The smallest absolute Gasteiger partial charge is 0.291 e. The fourth-order valence-electron chi connectivity index (χ4n) is 2.68. The van der Waals surface area contributed by atoms with Gasteiger partial charge in [0.15, 0.2) is 5.76 Å². The number of nitrogens with zero attached hydrogens (tertiary/aromatic N) is 1. The third kappa shape index (κ3) is 3.45. The number of furan rings is 1. The van der Waals surface area contributed by atoms with Crippen molar-refractivity contribution in [2.24, 2.45) is 0 Å². The number of amides is 1. The highest BCUT2D eigenvalue weighted by Crippen LogP contribution is 2.21. The molecule has 110 valence electrons. The normalized spacial score (nSPS) is 15.5. The van der Waals surface area contributed by atoms with Gasteiger partial charge in [-0.05, 0) is 49.2 Å². The first-order chi connectivity index (χ1) is 10.3. The first-order valence-corrected chi connectivity index (χ1v) is 7.53. The summed E-state index contributed by atoms with van der Waals surface area (Å²) in [5.74, 6) is 0.106. The maximum Gasteiger partial charge on any atom is 0.291 e. The zero-order valence-corrected chi connectivity index (χ0v) is 12.0. The molecule has 0 bridgehead atoms. The molecule has 1 aromatic carbocycles. The van der Waals surface area contributed by atoms with E-state index in [1.165, 1.54) is 37.6 Å². The molecule has 1 fully saturated rings. The minimum Gasteiger partial charge on any atom is -0.459 e. The van der Waals surface area contributed by atoms with Crippen molar-refractivity contribution in [3.05, 3.63) is 48.4 Å². The Bertz CT molecular complexity index is 567. The number of carbonyl (C=O) groups is 1. The van der Waals surface area contributed by atoms with E-state index < -0.39 is 0 Å². The highest BCUT2D eigenvalue weighted by molar-refractivity contribution is 6.02. The second kappa shape index (κ2) is 6.48. The van der Waals surface area contributed by atoms with Crippen molar-refractivity contribution in [3.63, 3.8) is 0 Å². The average molecular weight is 284 g/mol. The summed E-state index contributed by atoms with van der Waals surface area (Å²) in [5.41, 5.74) is 2.02. The number of hydrogen-bond donors (Lipinski definition) is 1. The van der Waals surface area contributed by atoms with Gasteiger partial charge in [0, 0.05) is 24.5 Å². The monoisotopic (exact) mass is 284 g/mol. The van der Waals surface area contributed by atoms with Gasteiger partial charge in [-0.2, -0.15) is 0 Å². The topological polar surface area (TPSA) is 45.5 Å². The van der Waals surface area contributed by atoms with Crippen LogP contribution in [0.25, 0.3) is 0 Å². The molecule has 1 N–H and O–H groups in total. The lowest BCUT2D eigenvalue weighted by Crippen LogP contribution is -2.23. The summed E-state index contributed by atoms with van der Waals surface area (Å²) in [5, 5.41) is 2.84. The molecule has 0 atom stereocenters. The van der Waals surface area contributed by atoms with Gasteiger partial charge in [-0.3, -0.25) is 4.79 Å². The number of benzene rings is 1. The highest BCUT2D eigenvalue weighted by atomic mass is 16.3. The predicted molar refractivity (Wildman–Crippen MR) is 83.8 cm³/mol. The van der Waals surface area contributed by atoms with E-state index >= 15 is 0 Å². The first kappa shape index (κ1) is 13.7. The van der Waals surface area contributed by atoms with Gasteiger partial charge >= 0.3 is 0 Å². The Morgan fingerprint density at radius 3 is 2.33 bits per heavy atom. The summed E-state index contributed by atoms with van der Waals surface area (Å²) in [6.45, 7) is 2.25. The average Bonchev–Trinajstić information content (AvgIpc) is 2.91. The fraction of sp³-hybridized carbons (Fsp3) is 0.353. The third-order valence-corrected chi connectivity index (χ3v) is 3.84. The summed E-state index contributed by atoms with van der Waals surface area (Å²) in [7, 11) is 0. The molecule has 1 amide bonds. The Kier molecular flexibility index (Phi) is 4.24. The molecule has 1 aromatic heterocycles. The van der Waals surface area contributed by atoms with Gasteiger partial charge in [-0.25, -0.2) is 0 Å². The Balaban J connectivity index is 1.65. The van der Waals surface area contributed by atoms with Crippen LogP contribution >= 0.6 is 0 Å². The molecule has 4 nitrogen and oxygen atoms in total. The van der Waals surface area contributed by atoms with E-state index in [4.69, 9.17) is 4.42 Å². The Hall–Kier alpha value is -2.23. The molecule has 0 aliphatic carbocycles. The van der Waals surface area contributed by atoms with Crippen molar-refractivity contribution < 1.29 is 9.21 Å². The van der Waals surface area contributed by atoms with Crippen LogP contribution in [-0.2, 0) is 0 Å². The number of rotatable bonds is 3. The predicted octanol–water partition coefficient (Wildman–Crippen LogP) is 3.91. The van der Waals surface area contributed by atoms with Gasteiger partial charge in [0.25, 0.3) is 5.91 Å². The zero-order chi connectivity index (χ0) is 14.5. The van der Waals surface area contributed by atoms with Crippen LogP contribution in [0.1, 0.15) is 36.2 Å². The molecule has 4 heteroatoms. The van der Waals surface area contributed by atoms with Crippen molar-refractivity contribution in [1.82, 2.24) is 0 Å². The van der Waals surface area contributed by atoms with Crippen LogP contribution in [0.3, 0.4) is 0 Å². The molecule has 0 saturated carbocycles. The molecule has 1 aliphatic heterocycles. The van der Waals surface area contributed by atoms with E-state index in [1.54, 1.807) is 12.1 Å². The summed E-state index contributed by atoms with van der Waals surface area (Å²) in [6, 6.07) is 11.4. The quantitative estimate of drug-likeness (QED) is 0.929. The molecule has 3 rings (SSSR count). The maximum atomic E-state index is 11.9. The van der Waals surface area contributed by atoms with Crippen molar-refractivity contribution >= 4 is 17.3 Å². The molecule has 2 aromatic rings. The lowest BCUT2D eigenvalue weighted by molar-refractivity contribution is 0.0996. The molecule has 1 saturated heterocycles. The molecule has 0 spiro atoms. The van der Waals surface area contributed by atoms with Crippen LogP contribution in [0.15, 0.2) is 47.1 Å². The van der Waals surface area contributed by atoms with Crippen molar-refractivity contribution in [1.29, 1.82) is 0 Å². The number of carbonyl (C=O) groups excluding carboxylic acids is 1. The van der Waals surface area contributed by atoms with E-state index in [2.05, 4.69) is 22.3 Å². The largest absolute Gasteiger partial charge is 0.459 e.